The monoisotopic (exact) mass is 344 g/mol. The lowest BCUT2D eigenvalue weighted by Gasteiger charge is -2.29. The first-order valence-corrected chi connectivity index (χ1v) is 7.82. The Morgan fingerprint density at radius 3 is 1.40 bits per heavy atom. The van der Waals surface area contributed by atoms with Crippen LogP contribution in [0.4, 0.5) is 0 Å². The van der Waals surface area contributed by atoms with Gasteiger partial charge in [0, 0.05) is 16.1 Å². The predicted molar refractivity (Wildman–Crippen MR) is 71.9 cm³/mol. The summed E-state index contributed by atoms with van der Waals surface area (Å²) in [5.74, 6) is 0. The van der Waals surface area contributed by atoms with E-state index >= 15 is 0 Å². The molecule has 4 heteroatoms. The maximum Gasteiger partial charge on any atom is 0.0509 e. The van der Waals surface area contributed by atoms with Crippen LogP contribution in [0.1, 0.15) is 38.5 Å². The van der Waals surface area contributed by atoms with E-state index in [0.29, 0.717) is 0 Å². The van der Waals surface area contributed by atoms with Gasteiger partial charge < -0.3 is 10.2 Å². The number of halogens is 2. The summed E-state index contributed by atoms with van der Waals surface area (Å²) in [6, 6.07) is 0. The molecule has 0 heterocycles. The molecule has 0 saturated carbocycles. The normalized spacial score (nSPS) is 12.0. The minimum atomic E-state index is -0.246. The number of hydrogen-bond acceptors (Lipinski definition) is 2. The molecule has 0 aromatic heterocycles. The molecule has 0 aliphatic carbocycles. The first-order valence-electron chi connectivity index (χ1n) is 5.58. The highest BCUT2D eigenvalue weighted by Crippen LogP contribution is 2.30. The van der Waals surface area contributed by atoms with Crippen LogP contribution in [0.2, 0.25) is 0 Å². The molecule has 0 amide bonds. The predicted octanol–water partition coefficient (Wildman–Crippen LogP) is 3.09. The molecule has 0 aromatic rings. The Morgan fingerprint density at radius 2 is 1.13 bits per heavy atom. The van der Waals surface area contributed by atoms with E-state index in [4.69, 9.17) is 0 Å². The summed E-state index contributed by atoms with van der Waals surface area (Å²) < 4.78 is 0. The highest BCUT2D eigenvalue weighted by Gasteiger charge is 2.27. The smallest absolute Gasteiger partial charge is 0.0509 e. The number of unbranched alkanes of at least 4 members (excludes halogenated alkanes) is 2. The molecule has 0 saturated heterocycles. The Balaban J connectivity index is 3.93. The summed E-state index contributed by atoms with van der Waals surface area (Å²) in [7, 11) is 0. The molecule has 0 aliphatic rings. The van der Waals surface area contributed by atoms with E-state index in [2.05, 4.69) is 31.9 Å². The van der Waals surface area contributed by atoms with Gasteiger partial charge in [0.2, 0.25) is 0 Å². The molecule has 0 atom stereocenters. The van der Waals surface area contributed by atoms with E-state index in [1.165, 1.54) is 0 Å². The average Bonchev–Trinajstić information content (AvgIpc) is 2.28. The van der Waals surface area contributed by atoms with Crippen LogP contribution in [-0.4, -0.2) is 34.1 Å². The van der Waals surface area contributed by atoms with E-state index < -0.39 is 0 Å². The van der Waals surface area contributed by atoms with Crippen molar-refractivity contribution in [2.45, 2.75) is 38.5 Å². The third-order valence-electron chi connectivity index (χ3n) is 2.85. The van der Waals surface area contributed by atoms with Crippen molar-refractivity contribution < 1.29 is 10.2 Å². The molecule has 0 unspecified atom stereocenters. The molecular weight excluding hydrogens is 324 g/mol. The summed E-state index contributed by atoms with van der Waals surface area (Å²) in [5.41, 5.74) is -0.246. The molecule has 0 fully saturated rings. The van der Waals surface area contributed by atoms with Crippen LogP contribution in [0.25, 0.3) is 0 Å². The van der Waals surface area contributed by atoms with Gasteiger partial charge in [0.05, 0.1) is 13.2 Å². The summed E-state index contributed by atoms with van der Waals surface area (Å²) in [5, 5.41) is 20.8. The molecule has 0 rings (SSSR count). The van der Waals surface area contributed by atoms with Crippen LogP contribution in [-0.2, 0) is 0 Å². The fraction of sp³-hybridized carbons (Fsp3) is 1.00. The van der Waals surface area contributed by atoms with Crippen molar-refractivity contribution in [3.05, 3.63) is 0 Å². The van der Waals surface area contributed by atoms with Gasteiger partial charge in [0.25, 0.3) is 0 Å². The third-order valence-corrected chi connectivity index (χ3v) is 3.97. The Bertz CT molecular complexity index is 127. The maximum absolute atomic E-state index is 9.39. The van der Waals surface area contributed by atoms with Crippen molar-refractivity contribution in [3.63, 3.8) is 0 Å². The molecule has 92 valence electrons. The van der Waals surface area contributed by atoms with Crippen LogP contribution < -0.4 is 0 Å². The number of aliphatic hydroxyl groups excluding tert-OH is 2. The standard InChI is InChI=1S/C11H22Br2O2/c12-7-3-1-5-11(9-14,10-15)6-2-4-8-13/h14-15H,1-10H2. The molecule has 0 aliphatic heterocycles. The molecule has 0 aromatic carbocycles. The molecule has 0 bridgehead atoms. The summed E-state index contributed by atoms with van der Waals surface area (Å²) in [6.07, 6.45) is 6.21. The average molecular weight is 346 g/mol. The van der Waals surface area contributed by atoms with Crippen molar-refractivity contribution >= 4 is 31.9 Å². The Kier molecular flexibility index (Phi) is 10.7. The lowest BCUT2D eigenvalue weighted by Crippen LogP contribution is -2.30. The number of rotatable bonds is 10. The zero-order valence-corrected chi connectivity index (χ0v) is 12.4. The van der Waals surface area contributed by atoms with Gasteiger partial charge in [0.1, 0.15) is 0 Å². The van der Waals surface area contributed by atoms with Gasteiger partial charge in [-0.3, -0.25) is 0 Å². The van der Waals surface area contributed by atoms with Crippen LogP contribution in [0, 0.1) is 5.41 Å². The SMILES string of the molecule is OCC(CO)(CCCCBr)CCCCBr. The number of hydrogen-bond donors (Lipinski definition) is 2. The van der Waals surface area contributed by atoms with Gasteiger partial charge >= 0.3 is 0 Å². The molecule has 2 nitrogen and oxygen atoms in total. The highest BCUT2D eigenvalue weighted by atomic mass is 79.9. The zero-order chi connectivity index (χ0) is 11.6. The number of alkyl halides is 2. The maximum atomic E-state index is 9.39. The Labute approximate surface area is 110 Å². The minimum absolute atomic E-state index is 0.105. The van der Waals surface area contributed by atoms with Gasteiger partial charge in [0.15, 0.2) is 0 Å². The zero-order valence-electron chi connectivity index (χ0n) is 9.22. The summed E-state index contributed by atoms with van der Waals surface area (Å²) in [4.78, 5) is 0. The molecule has 2 N–H and O–H groups in total. The van der Waals surface area contributed by atoms with Gasteiger partial charge in [-0.05, 0) is 25.7 Å². The Hall–Kier alpha value is 0.880. The summed E-state index contributed by atoms with van der Waals surface area (Å²) >= 11 is 6.79. The molecule has 15 heavy (non-hydrogen) atoms. The fourth-order valence-corrected chi connectivity index (χ4v) is 2.47. The van der Waals surface area contributed by atoms with Gasteiger partial charge in [-0.25, -0.2) is 0 Å². The third kappa shape index (κ3) is 6.93. The van der Waals surface area contributed by atoms with E-state index in [0.717, 1.165) is 49.2 Å². The van der Waals surface area contributed by atoms with Gasteiger partial charge in [-0.2, -0.15) is 0 Å². The van der Waals surface area contributed by atoms with Crippen molar-refractivity contribution in [1.29, 1.82) is 0 Å². The fourth-order valence-electron chi connectivity index (χ4n) is 1.68. The molecular formula is C11H22Br2O2. The second-order valence-corrected chi connectivity index (χ2v) is 5.69. The van der Waals surface area contributed by atoms with E-state index in [9.17, 15) is 10.2 Å². The van der Waals surface area contributed by atoms with Gasteiger partial charge in [-0.1, -0.05) is 44.7 Å². The second-order valence-electron chi connectivity index (χ2n) is 4.11. The number of aliphatic hydroxyl groups is 2. The second kappa shape index (κ2) is 10.1. The van der Waals surface area contributed by atoms with Crippen molar-refractivity contribution in [3.8, 4) is 0 Å². The molecule has 0 radical (unpaired) electrons. The Morgan fingerprint density at radius 1 is 0.733 bits per heavy atom. The molecule has 0 spiro atoms. The summed E-state index contributed by atoms with van der Waals surface area (Å²) in [6.45, 7) is 0.210. The van der Waals surface area contributed by atoms with E-state index in [1.807, 2.05) is 0 Å². The first kappa shape index (κ1) is 15.9. The van der Waals surface area contributed by atoms with Crippen LogP contribution in [0.15, 0.2) is 0 Å². The largest absolute Gasteiger partial charge is 0.396 e. The van der Waals surface area contributed by atoms with Crippen LogP contribution in [0.3, 0.4) is 0 Å². The quantitative estimate of drug-likeness (QED) is 0.472. The minimum Gasteiger partial charge on any atom is -0.396 e. The van der Waals surface area contributed by atoms with Crippen LogP contribution in [0.5, 0.6) is 0 Å². The topological polar surface area (TPSA) is 40.5 Å². The lowest BCUT2D eigenvalue weighted by molar-refractivity contribution is 0.0363. The van der Waals surface area contributed by atoms with Crippen molar-refractivity contribution in [2.24, 2.45) is 5.41 Å². The highest BCUT2D eigenvalue weighted by molar-refractivity contribution is 9.09. The first-order chi connectivity index (χ1) is 7.24. The van der Waals surface area contributed by atoms with Gasteiger partial charge in [-0.15, -0.1) is 0 Å². The van der Waals surface area contributed by atoms with E-state index in [-0.39, 0.29) is 18.6 Å². The van der Waals surface area contributed by atoms with Crippen LogP contribution >= 0.6 is 31.9 Å². The lowest BCUT2D eigenvalue weighted by atomic mass is 9.80. The van der Waals surface area contributed by atoms with E-state index in [1.54, 1.807) is 0 Å². The van der Waals surface area contributed by atoms with Crippen molar-refractivity contribution in [1.82, 2.24) is 0 Å². The van der Waals surface area contributed by atoms with Crippen molar-refractivity contribution in [2.75, 3.05) is 23.9 Å².